The van der Waals surface area contributed by atoms with Crippen LogP contribution in [0.25, 0.3) is 0 Å². The molecule has 0 amide bonds. The summed E-state index contributed by atoms with van der Waals surface area (Å²) in [5.74, 6) is 0. The van der Waals surface area contributed by atoms with Crippen molar-refractivity contribution < 1.29 is 4.74 Å². The van der Waals surface area contributed by atoms with Crippen molar-refractivity contribution in [1.82, 2.24) is 10.3 Å². The maximum atomic E-state index is 5.82. The second-order valence-electron chi connectivity index (χ2n) is 5.24. The first-order valence-electron chi connectivity index (χ1n) is 7.49. The molecule has 0 aromatic carbocycles. The molecule has 2 rings (SSSR count). The van der Waals surface area contributed by atoms with Crippen LogP contribution in [0.2, 0.25) is 0 Å². The lowest BCUT2D eigenvalue weighted by Crippen LogP contribution is -2.27. The lowest BCUT2D eigenvalue weighted by molar-refractivity contribution is -0.0220. The molecule has 108 valence electrons. The highest BCUT2D eigenvalue weighted by molar-refractivity contribution is 7.11. The predicted octanol–water partition coefficient (Wildman–Crippen LogP) is 3.79. The van der Waals surface area contributed by atoms with Crippen molar-refractivity contribution in [1.29, 1.82) is 0 Å². The first-order valence-corrected chi connectivity index (χ1v) is 8.31. The lowest BCUT2D eigenvalue weighted by atomic mass is 9.96. The van der Waals surface area contributed by atoms with Gasteiger partial charge in [-0.3, -0.25) is 0 Å². The fourth-order valence-electron chi connectivity index (χ4n) is 2.99. The summed E-state index contributed by atoms with van der Waals surface area (Å²) in [4.78, 5) is 6.43. The van der Waals surface area contributed by atoms with Crippen LogP contribution in [0.4, 0.5) is 0 Å². The zero-order valence-electron chi connectivity index (χ0n) is 12.6. The van der Waals surface area contributed by atoms with Crippen molar-refractivity contribution in [3.8, 4) is 0 Å². The Balaban J connectivity index is 2.35. The van der Waals surface area contributed by atoms with Crippen LogP contribution in [-0.4, -0.2) is 18.6 Å². The van der Waals surface area contributed by atoms with Crippen LogP contribution in [0.15, 0.2) is 0 Å². The lowest BCUT2D eigenvalue weighted by Gasteiger charge is -2.27. The molecular weight excluding hydrogens is 256 g/mol. The van der Waals surface area contributed by atoms with Crippen LogP contribution in [0.1, 0.15) is 68.1 Å². The van der Waals surface area contributed by atoms with E-state index < -0.39 is 0 Å². The SMILES string of the molecule is CCNC1CCCc2sc(C(CC)(CC)OC)nc21. The maximum Gasteiger partial charge on any atom is 0.125 e. The smallest absolute Gasteiger partial charge is 0.125 e. The molecule has 19 heavy (non-hydrogen) atoms. The van der Waals surface area contributed by atoms with E-state index >= 15 is 0 Å². The van der Waals surface area contributed by atoms with E-state index in [2.05, 4.69) is 26.1 Å². The van der Waals surface area contributed by atoms with Gasteiger partial charge in [0.2, 0.25) is 0 Å². The Morgan fingerprint density at radius 3 is 2.68 bits per heavy atom. The molecule has 0 fully saturated rings. The second kappa shape index (κ2) is 6.33. The highest BCUT2D eigenvalue weighted by atomic mass is 32.1. The summed E-state index contributed by atoms with van der Waals surface area (Å²) in [7, 11) is 1.81. The Hall–Kier alpha value is -0.450. The van der Waals surface area contributed by atoms with Crippen LogP contribution >= 0.6 is 11.3 Å². The molecule has 1 aliphatic carbocycles. The van der Waals surface area contributed by atoms with Crippen LogP contribution in [0.3, 0.4) is 0 Å². The van der Waals surface area contributed by atoms with E-state index in [-0.39, 0.29) is 5.60 Å². The van der Waals surface area contributed by atoms with Gasteiger partial charge in [0.15, 0.2) is 0 Å². The molecule has 0 radical (unpaired) electrons. The van der Waals surface area contributed by atoms with E-state index in [1.54, 1.807) is 0 Å². The zero-order valence-corrected chi connectivity index (χ0v) is 13.4. The number of thiazole rings is 1. The Morgan fingerprint density at radius 1 is 1.37 bits per heavy atom. The molecule has 1 aliphatic rings. The molecule has 4 heteroatoms. The number of nitrogens with one attached hydrogen (secondary N) is 1. The standard InChI is InChI=1S/C15H26N2OS/c1-5-15(6-2,18-4)14-17-13-11(16-7-3)9-8-10-12(13)19-14/h11,16H,5-10H2,1-4H3. The van der Waals surface area contributed by atoms with Gasteiger partial charge in [-0.15, -0.1) is 11.3 Å². The predicted molar refractivity (Wildman–Crippen MR) is 80.7 cm³/mol. The number of rotatable bonds is 6. The Morgan fingerprint density at radius 2 is 2.11 bits per heavy atom. The van der Waals surface area contributed by atoms with E-state index in [4.69, 9.17) is 9.72 Å². The maximum absolute atomic E-state index is 5.82. The van der Waals surface area contributed by atoms with Crippen molar-refractivity contribution in [2.24, 2.45) is 0 Å². The quantitative estimate of drug-likeness (QED) is 0.862. The van der Waals surface area contributed by atoms with Crippen LogP contribution in [-0.2, 0) is 16.8 Å². The minimum atomic E-state index is -0.182. The summed E-state index contributed by atoms with van der Waals surface area (Å²) in [6, 6.07) is 0.446. The van der Waals surface area contributed by atoms with Gasteiger partial charge in [-0.2, -0.15) is 0 Å². The van der Waals surface area contributed by atoms with Gasteiger partial charge >= 0.3 is 0 Å². The third kappa shape index (κ3) is 2.71. The number of fused-ring (bicyclic) bond motifs is 1. The average Bonchev–Trinajstić information content (AvgIpc) is 2.87. The topological polar surface area (TPSA) is 34.1 Å². The molecule has 1 heterocycles. The molecule has 1 atom stereocenters. The number of aryl methyl sites for hydroxylation is 1. The van der Waals surface area contributed by atoms with E-state index in [0.717, 1.165) is 19.4 Å². The van der Waals surface area contributed by atoms with Gasteiger partial charge < -0.3 is 10.1 Å². The molecule has 0 spiro atoms. The van der Waals surface area contributed by atoms with E-state index in [0.29, 0.717) is 6.04 Å². The summed E-state index contributed by atoms with van der Waals surface area (Å²) in [5, 5.41) is 4.74. The summed E-state index contributed by atoms with van der Waals surface area (Å²) in [5.41, 5.74) is 1.11. The highest BCUT2D eigenvalue weighted by Crippen LogP contribution is 2.40. The molecule has 1 aromatic heterocycles. The molecule has 0 saturated heterocycles. The van der Waals surface area contributed by atoms with E-state index in [1.165, 1.54) is 34.8 Å². The Labute approximate surface area is 120 Å². The molecule has 0 bridgehead atoms. The first-order chi connectivity index (χ1) is 9.20. The van der Waals surface area contributed by atoms with Gasteiger partial charge in [0, 0.05) is 12.0 Å². The van der Waals surface area contributed by atoms with Crippen LogP contribution < -0.4 is 5.32 Å². The number of methoxy groups -OCH3 is 1. The van der Waals surface area contributed by atoms with E-state index in [1.807, 2.05) is 18.4 Å². The normalized spacial score (nSPS) is 19.5. The number of nitrogens with zero attached hydrogens (tertiary/aromatic N) is 1. The van der Waals surface area contributed by atoms with Gasteiger partial charge in [0.05, 0.1) is 11.7 Å². The summed E-state index contributed by atoms with van der Waals surface area (Å²) >= 11 is 1.87. The van der Waals surface area contributed by atoms with Crippen molar-refractivity contribution in [3.63, 3.8) is 0 Å². The van der Waals surface area contributed by atoms with Crippen LogP contribution in [0, 0.1) is 0 Å². The average molecular weight is 282 g/mol. The number of aromatic nitrogens is 1. The van der Waals surface area contributed by atoms with Gasteiger partial charge in [0.25, 0.3) is 0 Å². The Bertz CT molecular complexity index is 404. The van der Waals surface area contributed by atoms with Crippen molar-refractivity contribution >= 4 is 11.3 Å². The summed E-state index contributed by atoms with van der Waals surface area (Å²) < 4.78 is 5.82. The van der Waals surface area contributed by atoms with E-state index in [9.17, 15) is 0 Å². The van der Waals surface area contributed by atoms with Crippen molar-refractivity contribution in [3.05, 3.63) is 15.6 Å². The second-order valence-corrected chi connectivity index (χ2v) is 6.32. The molecule has 1 unspecified atom stereocenters. The van der Waals surface area contributed by atoms with Gasteiger partial charge in [-0.25, -0.2) is 4.98 Å². The zero-order chi connectivity index (χ0) is 13.9. The highest BCUT2D eigenvalue weighted by Gasteiger charge is 2.34. The summed E-state index contributed by atoms with van der Waals surface area (Å²) in [6.45, 7) is 7.55. The monoisotopic (exact) mass is 282 g/mol. The number of ether oxygens (including phenoxy) is 1. The van der Waals surface area contributed by atoms with Crippen LogP contribution in [0.5, 0.6) is 0 Å². The summed E-state index contributed by atoms with van der Waals surface area (Å²) in [6.07, 6.45) is 5.63. The molecular formula is C15H26N2OS. The molecule has 1 N–H and O–H groups in total. The third-order valence-electron chi connectivity index (χ3n) is 4.33. The fourth-order valence-corrected chi connectivity index (χ4v) is 4.46. The fraction of sp³-hybridized carbons (Fsp3) is 0.800. The van der Waals surface area contributed by atoms with Gasteiger partial charge in [0.1, 0.15) is 10.6 Å². The minimum Gasteiger partial charge on any atom is -0.371 e. The Kier molecular flexibility index (Phi) is 4.98. The number of hydrogen-bond acceptors (Lipinski definition) is 4. The van der Waals surface area contributed by atoms with Crippen molar-refractivity contribution in [2.45, 2.75) is 64.5 Å². The largest absolute Gasteiger partial charge is 0.371 e. The van der Waals surface area contributed by atoms with Crippen molar-refractivity contribution in [2.75, 3.05) is 13.7 Å². The van der Waals surface area contributed by atoms with Gasteiger partial charge in [-0.1, -0.05) is 20.8 Å². The van der Waals surface area contributed by atoms with Gasteiger partial charge in [-0.05, 0) is 38.6 Å². The minimum absolute atomic E-state index is 0.182. The molecule has 3 nitrogen and oxygen atoms in total. The molecule has 0 saturated carbocycles. The molecule has 0 aliphatic heterocycles. The number of hydrogen-bond donors (Lipinski definition) is 1. The first kappa shape index (κ1) is 14.9. The third-order valence-corrected chi connectivity index (χ3v) is 5.64. The molecule has 1 aromatic rings.